The zero-order valence-electron chi connectivity index (χ0n) is 25.4. The molecule has 222 valence electrons. The molecule has 0 aliphatic rings. The van der Waals surface area contributed by atoms with Crippen LogP contribution in [0.3, 0.4) is 0 Å². The fraction of sp³-hybridized carbons (Fsp3) is 0.640. The van der Waals surface area contributed by atoms with Gasteiger partial charge >= 0.3 is 0 Å². The predicted octanol–water partition coefficient (Wildman–Crippen LogP) is 5.05. The van der Waals surface area contributed by atoms with Gasteiger partial charge in [-0.05, 0) is 36.3 Å². The Bertz CT molecular complexity index is 1200. The number of hydrogen-bond donors (Lipinski definition) is 3. The van der Waals surface area contributed by atoms with Crippen LogP contribution in [0.4, 0.5) is 0 Å². The number of aromatic amines is 2. The molecule has 0 saturated carbocycles. The van der Waals surface area contributed by atoms with Crippen molar-refractivity contribution in [2.24, 2.45) is 0 Å². The van der Waals surface area contributed by atoms with E-state index in [1.54, 1.807) is 12.4 Å². The first kappa shape index (κ1) is 34.9. The molecule has 0 fully saturated rings. The molecule has 0 aromatic carbocycles. The third kappa shape index (κ3) is 11.9. The smallest absolute Gasteiger partial charge is 0.250 e. The van der Waals surface area contributed by atoms with Crippen LogP contribution in [-0.4, -0.2) is 66.0 Å². The second-order valence-corrected chi connectivity index (χ2v) is 23.9. The lowest BCUT2D eigenvalue weighted by molar-refractivity contribution is 0.276. The topological polar surface area (TPSA) is 148 Å². The van der Waals surface area contributed by atoms with E-state index in [1.807, 2.05) is 12.4 Å². The van der Waals surface area contributed by atoms with Crippen molar-refractivity contribution >= 4 is 26.7 Å². The highest BCUT2D eigenvalue weighted by molar-refractivity contribution is 7.89. The van der Waals surface area contributed by atoms with E-state index in [0.717, 1.165) is 27.0 Å². The molecule has 3 rings (SSSR count). The van der Waals surface area contributed by atoms with Gasteiger partial charge in [0.2, 0.25) is 0 Å². The molecule has 0 unspecified atom stereocenters. The van der Waals surface area contributed by atoms with Crippen LogP contribution in [0.1, 0.15) is 58.2 Å². The molecule has 0 saturated heterocycles. The Labute approximate surface area is 236 Å². The summed E-state index contributed by atoms with van der Waals surface area (Å²) in [5.41, 5.74) is 2.72. The van der Waals surface area contributed by atoms with Crippen LogP contribution in [0.2, 0.25) is 36.3 Å². The van der Waals surface area contributed by atoms with Crippen LogP contribution >= 0.6 is 0 Å². The van der Waals surface area contributed by atoms with Crippen molar-refractivity contribution in [2.45, 2.75) is 97.6 Å². The molecule has 39 heavy (non-hydrogen) atoms. The first-order valence-electron chi connectivity index (χ1n) is 12.8. The van der Waals surface area contributed by atoms with Gasteiger partial charge in [0.25, 0.3) is 10.0 Å². The number of hydrogen-bond acceptors (Lipinski definition) is 8. The maximum absolute atomic E-state index is 11.3. The van der Waals surface area contributed by atoms with Gasteiger partial charge in [-0.15, -0.1) is 0 Å². The van der Waals surface area contributed by atoms with Crippen LogP contribution in [0.5, 0.6) is 0 Å². The lowest BCUT2D eigenvalue weighted by atomic mass is 10.2. The molecule has 0 aliphatic heterocycles. The van der Waals surface area contributed by atoms with E-state index in [4.69, 9.17) is 14.0 Å². The molecule has 0 amide bonds. The highest BCUT2D eigenvalue weighted by Gasteiger charge is 2.37. The summed E-state index contributed by atoms with van der Waals surface area (Å²) in [6.07, 6.45) is 11.1. The van der Waals surface area contributed by atoms with Crippen molar-refractivity contribution in [3.8, 4) is 0 Å². The van der Waals surface area contributed by atoms with E-state index < -0.39 is 26.7 Å². The molecule has 3 aromatic rings. The van der Waals surface area contributed by atoms with E-state index in [0.29, 0.717) is 13.2 Å². The predicted molar refractivity (Wildman–Crippen MR) is 160 cm³/mol. The van der Waals surface area contributed by atoms with Crippen molar-refractivity contribution in [1.29, 1.82) is 0 Å². The molecule has 0 spiro atoms. The number of aliphatic hydroxyl groups excluding tert-OH is 1. The Morgan fingerprint density at radius 1 is 0.821 bits per heavy atom. The van der Waals surface area contributed by atoms with Crippen molar-refractivity contribution in [2.75, 3.05) is 6.26 Å². The maximum atomic E-state index is 11.3. The van der Waals surface area contributed by atoms with Crippen LogP contribution < -0.4 is 0 Å². The lowest BCUT2D eigenvalue weighted by Crippen LogP contribution is -2.40. The van der Waals surface area contributed by atoms with Crippen LogP contribution in [0.15, 0.2) is 37.2 Å². The second kappa shape index (κ2) is 14.0. The van der Waals surface area contributed by atoms with Gasteiger partial charge in [-0.2, -0.15) is 19.4 Å². The number of H-pyrrole nitrogens is 2. The molecule has 3 heterocycles. The number of nitrogens with one attached hydrogen (secondary N) is 2. The van der Waals surface area contributed by atoms with Crippen LogP contribution in [-0.2, 0) is 38.7 Å². The number of aliphatic hydroxyl groups is 1. The van der Waals surface area contributed by atoms with Gasteiger partial charge in [0, 0.05) is 35.3 Å². The van der Waals surface area contributed by atoms with E-state index >= 15 is 0 Å². The quantitative estimate of drug-likeness (QED) is 0.304. The first-order chi connectivity index (χ1) is 17.7. The molecule has 11 nitrogen and oxygen atoms in total. The molecular weight excluding hydrogens is 553 g/mol. The summed E-state index contributed by atoms with van der Waals surface area (Å²) in [6, 6.07) is 0. The zero-order chi connectivity index (χ0) is 30.1. The van der Waals surface area contributed by atoms with Crippen LogP contribution in [0, 0.1) is 0 Å². The minimum atomic E-state index is -3.30. The Kier molecular flexibility index (Phi) is 12.5. The number of aromatic nitrogens is 6. The Hall–Kier alpha value is -2.11. The van der Waals surface area contributed by atoms with Gasteiger partial charge in [-0.25, -0.2) is 8.42 Å². The number of rotatable bonds is 8. The summed E-state index contributed by atoms with van der Waals surface area (Å²) in [7, 11) is -6.72. The van der Waals surface area contributed by atoms with Crippen molar-refractivity contribution in [1.82, 2.24) is 29.6 Å². The summed E-state index contributed by atoms with van der Waals surface area (Å²) in [5.74, 6) is 0. The van der Waals surface area contributed by atoms with E-state index in [2.05, 4.69) is 93.2 Å². The maximum Gasteiger partial charge on any atom is 0.250 e. The van der Waals surface area contributed by atoms with Gasteiger partial charge in [-0.1, -0.05) is 41.5 Å². The third-order valence-corrected chi connectivity index (χ3v) is 16.9. The Morgan fingerprint density at radius 2 is 1.26 bits per heavy atom. The van der Waals surface area contributed by atoms with E-state index in [1.165, 1.54) is 12.4 Å². The summed E-state index contributed by atoms with van der Waals surface area (Å²) in [5, 5.41) is 25.5. The molecule has 0 radical (unpaired) electrons. The summed E-state index contributed by atoms with van der Waals surface area (Å²) < 4.78 is 35.5. The van der Waals surface area contributed by atoms with Crippen molar-refractivity contribution in [3.63, 3.8) is 0 Å². The third-order valence-electron chi connectivity index (χ3n) is 7.06. The Morgan fingerprint density at radius 3 is 1.56 bits per heavy atom. The van der Waals surface area contributed by atoms with Crippen molar-refractivity contribution < 1.29 is 22.4 Å². The fourth-order valence-corrected chi connectivity index (χ4v) is 4.74. The lowest BCUT2D eigenvalue weighted by Gasteiger charge is -2.36. The summed E-state index contributed by atoms with van der Waals surface area (Å²) in [6.45, 7) is 23.2. The molecule has 0 atom stereocenters. The normalized spacial score (nSPS) is 12.8. The summed E-state index contributed by atoms with van der Waals surface area (Å²) >= 11 is 0. The highest BCUT2D eigenvalue weighted by Crippen LogP contribution is 2.37. The van der Waals surface area contributed by atoms with Gasteiger partial charge in [0.1, 0.15) is 0 Å². The molecule has 0 bridgehead atoms. The largest absolute Gasteiger partial charge is 0.412 e. The average molecular weight is 601 g/mol. The summed E-state index contributed by atoms with van der Waals surface area (Å²) in [4.78, 5) is 0. The van der Waals surface area contributed by atoms with E-state index in [9.17, 15) is 8.42 Å². The van der Waals surface area contributed by atoms with Gasteiger partial charge < -0.3 is 14.0 Å². The molecule has 3 N–H and O–H groups in total. The highest BCUT2D eigenvalue weighted by atomic mass is 32.2. The second-order valence-electron chi connectivity index (χ2n) is 12.5. The number of nitrogens with zero attached hydrogens (tertiary/aromatic N) is 4. The molecule has 3 aromatic heterocycles. The molecule has 14 heteroatoms. The van der Waals surface area contributed by atoms with Gasteiger partial charge in [-0.3, -0.25) is 10.2 Å². The monoisotopic (exact) mass is 600 g/mol. The van der Waals surface area contributed by atoms with Gasteiger partial charge in [0.15, 0.2) is 16.6 Å². The first-order valence-corrected chi connectivity index (χ1v) is 20.4. The van der Waals surface area contributed by atoms with E-state index in [-0.39, 0.29) is 16.7 Å². The zero-order valence-corrected chi connectivity index (χ0v) is 28.2. The molecule has 0 aliphatic carbocycles. The SMILES string of the molecule is CC(C)(C)[Si](C)(C)OCc1cn[nH]c1.CC(C)(C)[Si](C)(C)OCc1cnn(S(C)(=O)=O)c1.OCc1cn[nH]c1. The fourth-order valence-electron chi connectivity index (χ4n) is 2.28. The minimum absolute atomic E-state index is 0.0660. The minimum Gasteiger partial charge on any atom is -0.412 e. The average Bonchev–Trinajstić information content (AvgIpc) is 3.58. The van der Waals surface area contributed by atoms with Crippen LogP contribution in [0.25, 0.3) is 0 Å². The van der Waals surface area contributed by atoms with Gasteiger partial charge in [0.05, 0.1) is 44.7 Å². The molecular formula is C25H48N6O5SSi2. The van der Waals surface area contributed by atoms with Crippen molar-refractivity contribution in [3.05, 3.63) is 53.9 Å². The Balaban J connectivity index is 0.000000319. The standard InChI is InChI=1S/C11H22N2O3SSi.C10H20N2OSi.C4H6N2O/c1-11(2,3)18(5,6)16-9-10-7-12-13(8-10)17(4,14)15;1-10(2,3)14(4,5)13-8-9-6-11-12-7-9;7-3-4-1-5-6-2-4/h7-8H,9H2,1-6H3;6-7H,8H2,1-5H3,(H,11,12);1-2,7H,3H2,(H,5,6).